The fourth-order valence-corrected chi connectivity index (χ4v) is 4.36. The zero-order valence-electron chi connectivity index (χ0n) is 17.2. The largest absolute Gasteiger partial charge is 0.379 e. The number of rotatable bonds is 9. The Morgan fingerprint density at radius 1 is 1.30 bits per heavy atom. The van der Waals surface area contributed by atoms with Gasteiger partial charge in [0.2, 0.25) is 0 Å². The van der Waals surface area contributed by atoms with Crippen molar-refractivity contribution in [1.29, 1.82) is 0 Å². The molecule has 0 aliphatic carbocycles. The van der Waals surface area contributed by atoms with Gasteiger partial charge in [-0.1, -0.05) is 38.1 Å². The zero-order chi connectivity index (χ0) is 19.5. The molecule has 5 nitrogen and oxygen atoms in total. The summed E-state index contributed by atoms with van der Waals surface area (Å²) in [6.45, 7) is 12.1. The highest BCUT2D eigenvalue weighted by molar-refractivity contribution is 8.00. The zero-order valence-corrected chi connectivity index (χ0v) is 18.1. The second-order valence-electron chi connectivity index (χ2n) is 7.07. The molecule has 2 rings (SSSR count). The first-order valence-electron chi connectivity index (χ1n) is 9.94. The average molecular weight is 394 g/mol. The summed E-state index contributed by atoms with van der Waals surface area (Å²) in [7, 11) is 1.87. The fourth-order valence-electron chi connectivity index (χ4n) is 3.07. The third-order valence-corrected chi connectivity index (χ3v) is 6.18. The Labute approximate surface area is 168 Å². The lowest BCUT2D eigenvalue weighted by atomic mass is 10.1. The third kappa shape index (κ3) is 7.72. The van der Waals surface area contributed by atoms with Gasteiger partial charge in [0, 0.05) is 44.3 Å². The Hall–Kier alpha value is -1.24. The monoisotopic (exact) mass is 393 g/mol. The van der Waals surface area contributed by atoms with Crippen molar-refractivity contribution in [3.05, 3.63) is 35.4 Å². The van der Waals surface area contributed by atoms with E-state index in [0.29, 0.717) is 31.0 Å². The summed E-state index contributed by atoms with van der Waals surface area (Å²) in [6, 6.07) is 8.54. The summed E-state index contributed by atoms with van der Waals surface area (Å²) in [5.74, 6) is 2.85. The summed E-state index contributed by atoms with van der Waals surface area (Å²) in [4.78, 5) is 6.90. The number of nitrogens with one attached hydrogen (secondary N) is 1. The number of nitrogens with zero attached hydrogens (tertiary/aromatic N) is 2. The first-order valence-corrected chi connectivity index (χ1v) is 11.0. The van der Waals surface area contributed by atoms with Gasteiger partial charge in [-0.15, -0.1) is 0 Å². The first kappa shape index (κ1) is 22.1. The molecule has 152 valence electrons. The van der Waals surface area contributed by atoms with E-state index in [2.05, 4.69) is 65.1 Å². The fraction of sp³-hybridized carbons (Fsp3) is 0.667. The molecule has 0 bridgehead atoms. The quantitative estimate of drug-likeness (QED) is 0.396. The van der Waals surface area contributed by atoms with Crippen molar-refractivity contribution in [3.63, 3.8) is 0 Å². The second kappa shape index (κ2) is 12.3. The van der Waals surface area contributed by atoms with E-state index in [-0.39, 0.29) is 0 Å². The van der Waals surface area contributed by atoms with Crippen LogP contribution in [0.25, 0.3) is 0 Å². The van der Waals surface area contributed by atoms with Crippen molar-refractivity contribution in [2.75, 3.05) is 45.7 Å². The topological polar surface area (TPSA) is 46.1 Å². The van der Waals surface area contributed by atoms with E-state index in [1.165, 1.54) is 11.1 Å². The van der Waals surface area contributed by atoms with Gasteiger partial charge in [0.1, 0.15) is 0 Å². The van der Waals surface area contributed by atoms with E-state index in [9.17, 15) is 0 Å². The predicted octanol–water partition coefficient (Wildman–Crippen LogP) is 3.39. The van der Waals surface area contributed by atoms with Gasteiger partial charge < -0.3 is 19.7 Å². The molecule has 1 unspecified atom stereocenters. The van der Waals surface area contributed by atoms with Crippen molar-refractivity contribution in [2.24, 2.45) is 10.9 Å². The second-order valence-corrected chi connectivity index (χ2v) is 8.42. The molecule has 1 heterocycles. The van der Waals surface area contributed by atoms with Gasteiger partial charge in [0.25, 0.3) is 0 Å². The van der Waals surface area contributed by atoms with E-state index >= 15 is 0 Å². The summed E-state index contributed by atoms with van der Waals surface area (Å²) >= 11 is 2.08. The van der Waals surface area contributed by atoms with E-state index in [0.717, 1.165) is 38.0 Å². The summed E-state index contributed by atoms with van der Waals surface area (Å²) in [6.07, 6.45) is 0. The maximum absolute atomic E-state index is 5.67. The molecule has 0 saturated carbocycles. The first-order chi connectivity index (χ1) is 13.1. The van der Waals surface area contributed by atoms with Crippen LogP contribution in [0.3, 0.4) is 0 Å². The van der Waals surface area contributed by atoms with Crippen LogP contribution in [-0.2, 0) is 22.6 Å². The number of aliphatic imine (C=N–C) groups is 1. The lowest BCUT2D eigenvalue weighted by Gasteiger charge is -2.36. The van der Waals surface area contributed by atoms with Gasteiger partial charge in [0.05, 0.1) is 19.8 Å². The van der Waals surface area contributed by atoms with Gasteiger partial charge in [-0.05, 0) is 24.0 Å². The molecule has 1 N–H and O–H groups in total. The van der Waals surface area contributed by atoms with Crippen LogP contribution in [0.2, 0.25) is 0 Å². The Morgan fingerprint density at radius 3 is 2.81 bits per heavy atom. The molecular formula is C21H35N3O2S. The normalized spacial score (nSPS) is 18.2. The number of ether oxygens (including phenoxy) is 2. The van der Waals surface area contributed by atoms with Crippen LogP contribution >= 0.6 is 11.8 Å². The summed E-state index contributed by atoms with van der Waals surface area (Å²) in [5, 5.41) is 4.21. The summed E-state index contributed by atoms with van der Waals surface area (Å²) < 4.78 is 11.0. The molecule has 27 heavy (non-hydrogen) atoms. The molecule has 0 spiro atoms. The summed E-state index contributed by atoms with van der Waals surface area (Å²) in [5.41, 5.74) is 2.43. The van der Waals surface area contributed by atoms with E-state index < -0.39 is 0 Å². The lowest BCUT2D eigenvalue weighted by Crippen LogP contribution is -2.48. The van der Waals surface area contributed by atoms with Crippen LogP contribution in [0.15, 0.2) is 29.3 Å². The van der Waals surface area contributed by atoms with Crippen molar-refractivity contribution < 1.29 is 9.47 Å². The minimum Gasteiger partial charge on any atom is -0.379 e. The maximum atomic E-state index is 5.67. The van der Waals surface area contributed by atoms with E-state index in [1.807, 2.05) is 14.0 Å². The van der Waals surface area contributed by atoms with Gasteiger partial charge in [-0.2, -0.15) is 11.8 Å². The number of hydrogen-bond acceptors (Lipinski definition) is 4. The van der Waals surface area contributed by atoms with Crippen LogP contribution in [-0.4, -0.2) is 61.8 Å². The molecule has 0 radical (unpaired) electrons. The van der Waals surface area contributed by atoms with Gasteiger partial charge in [-0.3, -0.25) is 4.99 Å². The molecule has 1 aliphatic rings. The highest BCUT2D eigenvalue weighted by atomic mass is 32.2. The molecule has 6 heteroatoms. The highest BCUT2D eigenvalue weighted by Gasteiger charge is 2.24. The average Bonchev–Trinajstić information content (AvgIpc) is 2.69. The standard InChI is InChI=1S/C21H35N3O2S/c1-5-25-10-11-26-16-19-8-6-7-18(13-19)14-23-21(22-4)24-9-12-27-20(15-24)17(2)3/h6-8,13,17,20H,5,9-12,14-16H2,1-4H3,(H,22,23). The van der Waals surface area contributed by atoms with E-state index in [1.54, 1.807) is 0 Å². The molecule has 0 aromatic heterocycles. The molecule has 1 fully saturated rings. The lowest BCUT2D eigenvalue weighted by molar-refractivity contribution is 0.0453. The van der Waals surface area contributed by atoms with Crippen molar-refractivity contribution in [2.45, 2.75) is 39.2 Å². The molecular weight excluding hydrogens is 358 g/mol. The molecule has 1 aromatic carbocycles. The Balaban J connectivity index is 1.82. The van der Waals surface area contributed by atoms with Crippen molar-refractivity contribution in [1.82, 2.24) is 10.2 Å². The minimum absolute atomic E-state index is 0.620. The molecule has 1 atom stereocenters. The maximum Gasteiger partial charge on any atom is 0.193 e. The Kier molecular flexibility index (Phi) is 10.0. The van der Waals surface area contributed by atoms with Crippen LogP contribution in [0.1, 0.15) is 31.9 Å². The van der Waals surface area contributed by atoms with Gasteiger partial charge >= 0.3 is 0 Å². The molecule has 1 aromatic rings. The minimum atomic E-state index is 0.620. The van der Waals surface area contributed by atoms with Gasteiger partial charge in [0.15, 0.2) is 5.96 Å². The Morgan fingerprint density at radius 2 is 2.07 bits per heavy atom. The van der Waals surface area contributed by atoms with Crippen LogP contribution < -0.4 is 5.32 Å². The molecule has 1 saturated heterocycles. The Bertz CT molecular complexity index is 580. The van der Waals surface area contributed by atoms with Crippen molar-refractivity contribution >= 4 is 17.7 Å². The smallest absolute Gasteiger partial charge is 0.193 e. The van der Waals surface area contributed by atoms with Crippen LogP contribution in [0.5, 0.6) is 0 Å². The van der Waals surface area contributed by atoms with Crippen molar-refractivity contribution in [3.8, 4) is 0 Å². The predicted molar refractivity (Wildman–Crippen MR) is 115 cm³/mol. The number of thioether (sulfide) groups is 1. The number of guanidine groups is 1. The third-order valence-electron chi connectivity index (χ3n) is 4.64. The molecule has 1 aliphatic heterocycles. The number of benzene rings is 1. The number of hydrogen-bond donors (Lipinski definition) is 1. The van der Waals surface area contributed by atoms with Crippen LogP contribution in [0.4, 0.5) is 0 Å². The molecule has 0 amide bonds. The van der Waals surface area contributed by atoms with Crippen LogP contribution in [0, 0.1) is 5.92 Å². The van der Waals surface area contributed by atoms with E-state index in [4.69, 9.17) is 9.47 Å². The highest BCUT2D eigenvalue weighted by Crippen LogP contribution is 2.24. The van der Waals surface area contributed by atoms with Gasteiger partial charge in [-0.25, -0.2) is 0 Å². The SMILES string of the molecule is CCOCCOCc1cccc(CNC(=NC)N2CCSC(C(C)C)C2)c1.